The smallest absolute Gasteiger partial charge is 0.170 e. The van der Waals surface area contributed by atoms with Gasteiger partial charge in [-0.2, -0.15) is 0 Å². The Bertz CT molecular complexity index is 464. The van der Waals surface area contributed by atoms with Crippen molar-refractivity contribution in [1.29, 1.82) is 0 Å². The summed E-state index contributed by atoms with van der Waals surface area (Å²) in [5, 5.41) is 3.16. The lowest BCUT2D eigenvalue weighted by atomic mass is 9.64. The van der Waals surface area contributed by atoms with Crippen LogP contribution in [-0.4, -0.2) is 26.0 Å². The number of benzene rings is 1. The fourth-order valence-electron chi connectivity index (χ4n) is 2.84. The minimum absolute atomic E-state index is 0.172. The molecule has 3 heteroatoms. The average Bonchev–Trinajstić information content (AvgIpc) is 2.35. The van der Waals surface area contributed by atoms with Crippen LogP contribution in [0.1, 0.15) is 42.1 Å². The molecule has 2 rings (SSSR count). The zero-order valence-electron chi connectivity index (χ0n) is 12.1. The molecule has 1 saturated carbocycles. The number of hydrogen-bond acceptors (Lipinski definition) is 3. The quantitative estimate of drug-likeness (QED) is 0.800. The molecule has 0 amide bonds. The highest BCUT2D eigenvalue weighted by Crippen LogP contribution is 2.43. The molecule has 0 spiro atoms. The highest BCUT2D eigenvalue weighted by Gasteiger charge is 2.43. The van der Waals surface area contributed by atoms with Crippen molar-refractivity contribution >= 4 is 5.78 Å². The molecule has 1 fully saturated rings. The number of ether oxygens (including phenoxy) is 1. The van der Waals surface area contributed by atoms with Gasteiger partial charge in [0.2, 0.25) is 0 Å². The molecule has 0 unspecified atom stereocenters. The Morgan fingerprint density at radius 3 is 2.63 bits per heavy atom. The van der Waals surface area contributed by atoms with Gasteiger partial charge in [-0.05, 0) is 57.5 Å². The van der Waals surface area contributed by atoms with Crippen LogP contribution in [0.3, 0.4) is 0 Å². The van der Waals surface area contributed by atoms with Gasteiger partial charge in [0.15, 0.2) is 5.78 Å². The Morgan fingerprint density at radius 2 is 2.16 bits per heavy atom. The van der Waals surface area contributed by atoms with Gasteiger partial charge < -0.3 is 10.1 Å². The van der Waals surface area contributed by atoms with E-state index >= 15 is 0 Å². The van der Waals surface area contributed by atoms with Gasteiger partial charge in [-0.1, -0.05) is 6.42 Å². The third-order valence-electron chi connectivity index (χ3n) is 4.04. The first kappa shape index (κ1) is 14.1. The number of Topliss-reactive ketones (excluding diaryl/α,β-unsaturated/α-hetero) is 1. The summed E-state index contributed by atoms with van der Waals surface area (Å²) < 4.78 is 5.52. The van der Waals surface area contributed by atoms with Crippen molar-refractivity contribution in [2.24, 2.45) is 5.41 Å². The zero-order chi connectivity index (χ0) is 13.9. The molecule has 0 aliphatic heterocycles. The standard InChI is InChI=1S/C16H23NO2/c1-4-19-14-7-6-13(10-12(14)2)15(18)16(11-17-3)8-5-9-16/h6-7,10,17H,4-5,8-9,11H2,1-3H3. The molecular formula is C16H23NO2. The number of ketones is 1. The number of hydrogen-bond donors (Lipinski definition) is 1. The highest BCUT2D eigenvalue weighted by molar-refractivity contribution is 6.01. The number of aryl methyl sites for hydroxylation is 1. The number of carbonyl (C=O) groups is 1. The van der Waals surface area contributed by atoms with Crippen LogP contribution in [0.5, 0.6) is 5.75 Å². The summed E-state index contributed by atoms with van der Waals surface area (Å²) in [4.78, 5) is 12.7. The van der Waals surface area contributed by atoms with Crippen molar-refractivity contribution < 1.29 is 9.53 Å². The van der Waals surface area contributed by atoms with E-state index < -0.39 is 0 Å². The predicted octanol–water partition coefficient (Wildman–Crippen LogP) is 2.97. The largest absolute Gasteiger partial charge is 0.494 e. The molecule has 1 aromatic rings. The maximum atomic E-state index is 12.7. The van der Waals surface area contributed by atoms with Gasteiger partial charge in [0, 0.05) is 17.5 Å². The summed E-state index contributed by atoms with van der Waals surface area (Å²) in [6, 6.07) is 5.77. The van der Waals surface area contributed by atoms with E-state index in [4.69, 9.17) is 4.74 Å². The maximum absolute atomic E-state index is 12.7. The SMILES string of the molecule is CCOc1ccc(C(=O)C2(CNC)CCC2)cc1C. The topological polar surface area (TPSA) is 38.3 Å². The lowest BCUT2D eigenvalue weighted by molar-refractivity contribution is 0.0614. The van der Waals surface area contributed by atoms with Crippen LogP contribution in [0.25, 0.3) is 0 Å². The second-order valence-corrected chi connectivity index (χ2v) is 5.41. The van der Waals surface area contributed by atoms with Crippen molar-refractivity contribution in [3.8, 4) is 5.75 Å². The van der Waals surface area contributed by atoms with Crippen molar-refractivity contribution in [2.75, 3.05) is 20.2 Å². The number of nitrogens with one attached hydrogen (secondary N) is 1. The van der Waals surface area contributed by atoms with E-state index in [2.05, 4.69) is 5.32 Å². The lowest BCUT2D eigenvalue weighted by Gasteiger charge is -2.40. The molecule has 0 radical (unpaired) electrons. The third-order valence-corrected chi connectivity index (χ3v) is 4.04. The zero-order valence-corrected chi connectivity index (χ0v) is 12.1. The first-order valence-electron chi connectivity index (χ1n) is 7.06. The first-order valence-corrected chi connectivity index (χ1v) is 7.06. The summed E-state index contributed by atoms with van der Waals surface area (Å²) in [6.07, 6.45) is 3.15. The van der Waals surface area contributed by atoms with Crippen LogP contribution in [0.4, 0.5) is 0 Å². The van der Waals surface area contributed by atoms with Crippen LogP contribution in [0, 0.1) is 12.3 Å². The van der Waals surface area contributed by atoms with Gasteiger partial charge in [0.25, 0.3) is 0 Å². The molecule has 19 heavy (non-hydrogen) atoms. The molecule has 1 aliphatic carbocycles. The van der Waals surface area contributed by atoms with Crippen molar-refractivity contribution in [3.05, 3.63) is 29.3 Å². The summed E-state index contributed by atoms with van der Waals surface area (Å²) in [5.41, 5.74) is 1.68. The molecule has 1 aliphatic rings. The van der Waals surface area contributed by atoms with Crippen LogP contribution in [0.15, 0.2) is 18.2 Å². The van der Waals surface area contributed by atoms with Gasteiger partial charge in [0.1, 0.15) is 5.75 Å². The summed E-state index contributed by atoms with van der Waals surface area (Å²) >= 11 is 0. The third kappa shape index (κ3) is 2.66. The summed E-state index contributed by atoms with van der Waals surface area (Å²) in [6.45, 7) is 5.39. The van der Waals surface area contributed by atoms with Crippen molar-refractivity contribution in [1.82, 2.24) is 5.32 Å². The van der Waals surface area contributed by atoms with Crippen LogP contribution in [-0.2, 0) is 0 Å². The molecule has 1 N–H and O–H groups in total. The maximum Gasteiger partial charge on any atom is 0.170 e. The normalized spacial score (nSPS) is 16.8. The molecule has 0 aromatic heterocycles. The molecule has 3 nitrogen and oxygen atoms in total. The lowest BCUT2D eigenvalue weighted by Crippen LogP contribution is -2.45. The fraction of sp³-hybridized carbons (Fsp3) is 0.562. The molecule has 0 heterocycles. The fourth-order valence-corrected chi connectivity index (χ4v) is 2.84. The van der Waals surface area contributed by atoms with E-state index in [1.54, 1.807) is 0 Å². The molecule has 0 saturated heterocycles. The van der Waals surface area contributed by atoms with Crippen LogP contribution in [0.2, 0.25) is 0 Å². The Kier molecular flexibility index (Phi) is 4.25. The molecular weight excluding hydrogens is 238 g/mol. The van der Waals surface area contributed by atoms with Gasteiger partial charge in [-0.15, -0.1) is 0 Å². The first-order chi connectivity index (χ1) is 9.13. The second kappa shape index (κ2) is 5.74. The Balaban J connectivity index is 2.21. The van der Waals surface area contributed by atoms with Gasteiger partial charge >= 0.3 is 0 Å². The van der Waals surface area contributed by atoms with E-state index in [9.17, 15) is 4.79 Å². The number of carbonyl (C=O) groups excluding carboxylic acids is 1. The van der Waals surface area contributed by atoms with E-state index in [-0.39, 0.29) is 11.2 Å². The monoisotopic (exact) mass is 261 g/mol. The molecule has 0 atom stereocenters. The highest BCUT2D eigenvalue weighted by atomic mass is 16.5. The van der Waals surface area contributed by atoms with Gasteiger partial charge in [-0.3, -0.25) is 4.79 Å². The minimum atomic E-state index is -0.172. The predicted molar refractivity (Wildman–Crippen MR) is 76.9 cm³/mol. The second-order valence-electron chi connectivity index (χ2n) is 5.41. The van der Waals surface area contributed by atoms with Gasteiger partial charge in [-0.25, -0.2) is 0 Å². The van der Waals surface area contributed by atoms with Crippen molar-refractivity contribution in [3.63, 3.8) is 0 Å². The van der Waals surface area contributed by atoms with Gasteiger partial charge in [0.05, 0.1) is 6.61 Å². The molecule has 104 valence electrons. The van der Waals surface area contributed by atoms with Crippen LogP contribution >= 0.6 is 0 Å². The van der Waals surface area contributed by atoms with Crippen LogP contribution < -0.4 is 10.1 Å². The molecule has 0 bridgehead atoms. The number of rotatable bonds is 6. The Labute approximate surface area is 115 Å². The van der Waals surface area contributed by atoms with E-state index in [1.807, 2.05) is 39.1 Å². The Morgan fingerprint density at radius 1 is 1.42 bits per heavy atom. The molecule has 1 aromatic carbocycles. The summed E-state index contributed by atoms with van der Waals surface area (Å²) in [7, 11) is 1.91. The van der Waals surface area contributed by atoms with E-state index in [0.717, 1.165) is 42.7 Å². The van der Waals surface area contributed by atoms with Crippen molar-refractivity contribution in [2.45, 2.75) is 33.1 Å². The average molecular weight is 261 g/mol. The van der Waals surface area contributed by atoms with E-state index in [0.29, 0.717) is 6.61 Å². The summed E-state index contributed by atoms with van der Waals surface area (Å²) in [5.74, 6) is 1.15. The Hall–Kier alpha value is -1.35. The van der Waals surface area contributed by atoms with E-state index in [1.165, 1.54) is 0 Å². The minimum Gasteiger partial charge on any atom is -0.494 e.